The molecule has 2 aliphatic heterocycles. The number of urea groups is 1. The fraction of sp³-hybridized carbons (Fsp3) is 0.276. The van der Waals surface area contributed by atoms with Crippen molar-refractivity contribution in [3.63, 3.8) is 0 Å². The summed E-state index contributed by atoms with van der Waals surface area (Å²) in [6, 6.07) is 17.2. The van der Waals surface area contributed by atoms with Crippen molar-refractivity contribution in [2.45, 2.75) is 25.6 Å². The normalized spacial score (nSPS) is 17.2. The molecule has 5 rings (SSSR count). The third-order valence-electron chi connectivity index (χ3n) is 6.90. The highest BCUT2D eigenvalue weighted by atomic mass is 16.5. The standard InChI is InChI=1S/C29H27N5O6/c30-15-21-3-1-2-4-23(21)20-7-5-19(6-8-20)17-40-26-18-39-22(13-25(26)35)16-33-9-11-34(12-10-33)27(36)14-24-28(37)32-29(38)31-24/h1-8,13,18,24H,9-12,14,16-17H2,(H2,31,32,37,38). The van der Waals surface area contributed by atoms with Crippen molar-refractivity contribution in [3.05, 3.63) is 88.0 Å². The number of carbonyl (C=O) groups is 3. The molecule has 3 aromatic rings. The smallest absolute Gasteiger partial charge is 0.322 e. The molecule has 0 radical (unpaired) electrons. The van der Waals surface area contributed by atoms with E-state index in [4.69, 9.17) is 9.15 Å². The van der Waals surface area contributed by atoms with Gasteiger partial charge in [0, 0.05) is 32.2 Å². The minimum atomic E-state index is -0.834. The Kier molecular flexibility index (Phi) is 7.89. The van der Waals surface area contributed by atoms with Crippen LogP contribution in [0.4, 0.5) is 4.79 Å². The quantitative estimate of drug-likeness (QED) is 0.412. The van der Waals surface area contributed by atoms with Gasteiger partial charge in [-0.25, -0.2) is 4.79 Å². The molecule has 204 valence electrons. The van der Waals surface area contributed by atoms with Crippen LogP contribution in [-0.2, 0) is 22.7 Å². The van der Waals surface area contributed by atoms with Crippen LogP contribution >= 0.6 is 0 Å². The van der Waals surface area contributed by atoms with Gasteiger partial charge >= 0.3 is 6.03 Å². The van der Waals surface area contributed by atoms with Gasteiger partial charge in [0.05, 0.1) is 24.6 Å². The van der Waals surface area contributed by atoms with Gasteiger partial charge in [-0.2, -0.15) is 5.26 Å². The molecular formula is C29H27N5O6. The van der Waals surface area contributed by atoms with Crippen LogP contribution in [0.1, 0.15) is 23.3 Å². The number of benzene rings is 2. The number of hydrogen-bond acceptors (Lipinski definition) is 8. The molecule has 2 N–H and O–H groups in total. The molecule has 2 aliphatic rings. The van der Waals surface area contributed by atoms with Crippen molar-refractivity contribution in [2.24, 2.45) is 0 Å². The van der Waals surface area contributed by atoms with Gasteiger partial charge in [0.2, 0.25) is 17.1 Å². The van der Waals surface area contributed by atoms with E-state index in [1.807, 2.05) is 42.5 Å². The predicted molar refractivity (Wildman–Crippen MR) is 143 cm³/mol. The van der Waals surface area contributed by atoms with E-state index in [2.05, 4.69) is 21.6 Å². The molecule has 2 aromatic carbocycles. The molecule has 0 saturated carbocycles. The summed E-state index contributed by atoms with van der Waals surface area (Å²) >= 11 is 0. The Morgan fingerprint density at radius 3 is 2.48 bits per heavy atom. The zero-order chi connectivity index (χ0) is 28.1. The number of imide groups is 1. The van der Waals surface area contributed by atoms with Crippen molar-refractivity contribution < 1.29 is 23.5 Å². The van der Waals surface area contributed by atoms with Crippen LogP contribution in [0.5, 0.6) is 5.75 Å². The first-order valence-corrected chi connectivity index (χ1v) is 12.8. The number of hydrogen-bond donors (Lipinski definition) is 2. The van der Waals surface area contributed by atoms with Gasteiger partial charge in [0.15, 0.2) is 0 Å². The monoisotopic (exact) mass is 541 g/mol. The van der Waals surface area contributed by atoms with Crippen LogP contribution in [0.2, 0.25) is 0 Å². The molecule has 40 heavy (non-hydrogen) atoms. The molecule has 11 heteroatoms. The van der Waals surface area contributed by atoms with E-state index >= 15 is 0 Å². The molecule has 1 atom stereocenters. The second-order valence-electron chi connectivity index (χ2n) is 9.59. The Morgan fingerprint density at radius 1 is 1.05 bits per heavy atom. The number of ether oxygens (including phenoxy) is 1. The van der Waals surface area contributed by atoms with Crippen molar-refractivity contribution in [1.29, 1.82) is 5.26 Å². The van der Waals surface area contributed by atoms with E-state index in [1.165, 1.54) is 12.3 Å². The molecule has 2 saturated heterocycles. The maximum Gasteiger partial charge on any atom is 0.322 e. The highest BCUT2D eigenvalue weighted by Gasteiger charge is 2.33. The molecule has 3 heterocycles. The minimum absolute atomic E-state index is 0.0762. The average Bonchev–Trinajstić information content (AvgIpc) is 3.29. The van der Waals surface area contributed by atoms with Crippen LogP contribution in [0.3, 0.4) is 0 Å². The van der Waals surface area contributed by atoms with Crippen LogP contribution in [0.15, 0.2) is 70.1 Å². The molecule has 2 fully saturated rings. The highest BCUT2D eigenvalue weighted by molar-refractivity contribution is 6.05. The first-order chi connectivity index (χ1) is 19.4. The summed E-state index contributed by atoms with van der Waals surface area (Å²) in [6.45, 7) is 2.68. The number of carbonyl (C=O) groups excluding carboxylic acids is 3. The van der Waals surface area contributed by atoms with E-state index in [-0.39, 0.29) is 30.1 Å². The number of nitriles is 1. The number of nitrogens with one attached hydrogen (secondary N) is 2. The molecule has 0 aliphatic carbocycles. The largest absolute Gasteiger partial charge is 0.482 e. The molecule has 1 aromatic heterocycles. The summed E-state index contributed by atoms with van der Waals surface area (Å²) in [5.74, 6) is -0.0868. The number of piperazine rings is 1. The lowest BCUT2D eigenvalue weighted by Crippen LogP contribution is -2.49. The van der Waals surface area contributed by atoms with Gasteiger partial charge in [-0.05, 0) is 22.8 Å². The maximum absolute atomic E-state index is 12.6. The van der Waals surface area contributed by atoms with Crippen molar-refractivity contribution in [1.82, 2.24) is 20.4 Å². The third kappa shape index (κ3) is 6.19. The Bertz CT molecular complexity index is 1520. The van der Waals surface area contributed by atoms with Crippen LogP contribution in [0, 0.1) is 11.3 Å². The summed E-state index contributed by atoms with van der Waals surface area (Å²) < 4.78 is 11.4. The fourth-order valence-electron chi connectivity index (χ4n) is 4.68. The first kappa shape index (κ1) is 26.6. The summed E-state index contributed by atoms with van der Waals surface area (Å²) in [5.41, 5.74) is 2.96. The minimum Gasteiger partial charge on any atom is -0.482 e. The molecule has 4 amide bonds. The van der Waals surface area contributed by atoms with Gasteiger partial charge in [0.1, 0.15) is 24.7 Å². The SMILES string of the molecule is N#Cc1ccccc1-c1ccc(COc2coc(CN3CCN(C(=O)CC4NC(=O)NC4=O)CC3)cc2=O)cc1. The van der Waals surface area contributed by atoms with Crippen molar-refractivity contribution in [3.8, 4) is 22.9 Å². The molecular weight excluding hydrogens is 514 g/mol. The van der Waals surface area contributed by atoms with Crippen LogP contribution in [0.25, 0.3) is 11.1 Å². The zero-order valence-corrected chi connectivity index (χ0v) is 21.6. The van der Waals surface area contributed by atoms with E-state index in [1.54, 1.807) is 11.0 Å². The molecule has 1 unspecified atom stereocenters. The molecule has 0 bridgehead atoms. The van der Waals surface area contributed by atoms with Gasteiger partial charge < -0.3 is 19.4 Å². The van der Waals surface area contributed by atoms with Gasteiger partial charge in [0.25, 0.3) is 5.91 Å². The topological polar surface area (TPSA) is 145 Å². The summed E-state index contributed by atoms with van der Waals surface area (Å²) in [7, 11) is 0. The number of nitrogens with zero attached hydrogens (tertiary/aromatic N) is 3. The van der Waals surface area contributed by atoms with E-state index in [0.717, 1.165) is 16.7 Å². The Labute approximate surface area is 229 Å². The fourth-order valence-corrected chi connectivity index (χ4v) is 4.68. The highest BCUT2D eigenvalue weighted by Crippen LogP contribution is 2.24. The Balaban J connectivity index is 1.10. The molecule has 11 nitrogen and oxygen atoms in total. The predicted octanol–water partition coefficient (Wildman–Crippen LogP) is 2.00. The lowest BCUT2D eigenvalue weighted by atomic mass is 9.99. The van der Waals surface area contributed by atoms with Crippen LogP contribution < -0.4 is 20.8 Å². The van der Waals surface area contributed by atoms with Crippen molar-refractivity contribution in [2.75, 3.05) is 26.2 Å². The van der Waals surface area contributed by atoms with Crippen molar-refractivity contribution >= 4 is 17.8 Å². The zero-order valence-electron chi connectivity index (χ0n) is 21.6. The molecule has 0 spiro atoms. The lowest BCUT2D eigenvalue weighted by molar-refractivity contribution is -0.135. The summed E-state index contributed by atoms with van der Waals surface area (Å²) in [6.07, 6.45) is 1.24. The Morgan fingerprint density at radius 2 is 1.80 bits per heavy atom. The van der Waals surface area contributed by atoms with E-state index in [0.29, 0.717) is 44.0 Å². The lowest BCUT2D eigenvalue weighted by Gasteiger charge is -2.34. The number of amides is 4. The second kappa shape index (κ2) is 11.8. The summed E-state index contributed by atoms with van der Waals surface area (Å²) in [5, 5.41) is 13.9. The third-order valence-corrected chi connectivity index (χ3v) is 6.90. The average molecular weight is 542 g/mol. The van der Waals surface area contributed by atoms with Gasteiger partial charge in [-0.15, -0.1) is 0 Å². The summed E-state index contributed by atoms with van der Waals surface area (Å²) in [4.78, 5) is 51.8. The first-order valence-electron chi connectivity index (χ1n) is 12.8. The maximum atomic E-state index is 12.6. The van der Waals surface area contributed by atoms with E-state index < -0.39 is 18.0 Å². The van der Waals surface area contributed by atoms with Gasteiger partial charge in [-0.1, -0.05) is 42.5 Å². The second-order valence-corrected chi connectivity index (χ2v) is 9.59. The Hall–Kier alpha value is -4.95. The van der Waals surface area contributed by atoms with E-state index in [9.17, 15) is 24.4 Å². The van der Waals surface area contributed by atoms with Gasteiger partial charge in [-0.3, -0.25) is 24.6 Å². The van der Waals surface area contributed by atoms with Crippen LogP contribution in [-0.4, -0.2) is 59.9 Å². The number of rotatable bonds is 8.